The molecule has 0 spiro atoms. The third-order valence-corrected chi connectivity index (χ3v) is 6.26. The van der Waals surface area contributed by atoms with Gasteiger partial charge in [0.1, 0.15) is 10.4 Å². The van der Waals surface area contributed by atoms with Gasteiger partial charge in [0.25, 0.3) is 0 Å². The van der Waals surface area contributed by atoms with Crippen molar-refractivity contribution in [1.82, 2.24) is 4.57 Å². The molecule has 0 radical (unpaired) electrons. The van der Waals surface area contributed by atoms with Crippen LogP contribution in [0.25, 0.3) is 10.9 Å². The molecule has 6 nitrogen and oxygen atoms in total. The lowest BCUT2D eigenvalue weighted by Crippen LogP contribution is -2.08. The molecule has 0 saturated heterocycles. The van der Waals surface area contributed by atoms with Crippen LogP contribution in [-0.4, -0.2) is 48.9 Å². The molecule has 1 unspecified atom stereocenters. The Bertz CT molecular complexity index is 1110. The summed E-state index contributed by atoms with van der Waals surface area (Å²) in [7, 11) is 4.79. The summed E-state index contributed by atoms with van der Waals surface area (Å²) in [6.45, 7) is 0.517. The quantitative estimate of drug-likeness (QED) is 0.535. The number of thiocarbonyl (C=S) groups is 1. The Morgan fingerprint density at radius 2 is 1.83 bits per heavy atom. The predicted molar refractivity (Wildman–Crippen MR) is 125 cm³/mol. The summed E-state index contributed by atoms with van der Waals surface area (Å²) in [6.07, 6.45) is 3.74. The number of ether oxygens (including phenoxy) is 4. The molecular formula is C22H22N2O4S2. The molecule has 156 valence electrons. The van der Waals surface area contributed by atoms with Gasteiger partial charge in [0.2, 0.25) is 11.6 Å². The molecule has 0 fully saturated rings. The number of rotatable bonds is 5. The lowest BCUT2D eigenvalue weighted by Gasteiger charge is -2.17. The summed E-state index contributed by atoms with van der Waals surface area (Å²) < 4.78 is 25.3. The van der Waals surface area contributed by atoms with E-state index in [4.69, 9.17) is 31.2 Å². The lowest BCUT2D eigenvalue weighted by atomic mass is 10.1. The summed E-state index contributed by atoms with van der Waals surface area (Å²) in [6, 6.07) is 12.0. The van der Waals surface area contributed by atoms with Gasteiger partial charge in [-0.15, -0.1) is 0 Å². The van der Waals surface area contributed by atoms with Crippen LogP contribution in [0.4, 0.5) is 0 Å². The van der Waals surface area contributed by atoms with Crippen LogP contribution in [0.1, 0.15) is 17.2 Å². The normalized spacial score (nSPS) is 15.6. The van der Waals surface area contributed by atoms with Gasteiger partial charge in [-0.2, -0.15) is 0 Å². The molecule has 0 saturated carbocycles. The van der Waals surface area contributed by atoms with Crippen molar-refractivity contribution in [3.8, 4) is 17.2 Å². The smallest absolute Gasteiger partial charge is 0.216 e. The van der Waals surface area contributed by atoms with Crippen LogP contribution in [0.3, 0.4) is 0 Å². The van der Waals surface area contributed by atoms with Crippen LogP contribution in [0, 0.1) is 0 Å². The first-order valence-corrected chi connectivity index (χ1v) is 10.9. The number of aromatic nitrogens is 1. The van der Waals surface area contributed by atoms with Crippen molar-refractivity contribution in [3.63, 3.8) is 0 Å². The van der Waals surface area contributed by atoms with Crippen LogP contribution in [0.2, 0.25) is 0 Å². The van der Waals surface area contributed by atoms with Crippen molar-refractivity contribution in [3.05, 3.63) is 53.7 Å². The summed E-state index contributed by atoms with van der Waals surface area (Å²) in [5.74, 6) is 2.37. The predicted octanol–water partition coefficient (Wildman–Crippen LogP) is 4.68. The molecule has 0 aliphatic carbocycles. The summed E-state index contributed by atoms with van der Waals surface area (Å²) >= 11 is 6.97. The van der Waals surface area contributed by atoms with E-state index in [2.05, 4.69) is 11.1 Å². The van der Waals surface area contributed by atoms with Gasteiger partial charge >= 0.3 is 0 Å². The van der Waals surface area contributed by atoms with Crippen molar-refractivity contribution in [2.75, 3.05) is 34.1 Å². The van der Waals surface area contributed by atoms with Crippen LogP contribution >= 0.6 is 24.0 Å². The first-order valence-electron chi connectivity index (χ1n) is 9.30. The molecule has 2 heterocycles. The van der Waals surface area contributed by atoms with Gasteiger partial charge in [0.15, 0.2) is 11.5 Å². The van der Waals surface area contributed by atoms with E-state index < -0.39 is 0 Å². The molecule has 4 rings (SSSR count). The van der Waals surface area contributed by atoms with Crippen molar-refractivity contribution in [1.29, 1.82) is 0 Å². The first kappa shape index (κ1) is 20.6. The van der Waals surface area contributed by atoms with Crippen LogP contribution in [-0.2, 0) is 4.74 Å². The van der Waals surface area contributed by atoms with E-state index in [1.54, 1.807) is 33.1 Å². The van der Waals surface area contributed by atoms with Gasteiger partial charge in [-0.25, -0.2) is 4.99 Å². The molecule has 1 aromatic heterocycles. The molecular weight excluding hydrogens is 420 g/mol. The summed E-state index contributed by atoms with van der Waals surface area (Å²) in [4.78, 5) is 4.63. The Labute approximate surface area is 184 Å². The molecule has 1 atom stereocenters. The Morgan fingerprint density at radius 1 is 1.10 bits per heavy atom. The molecule has 0 N–H and O–H groups in total. The minimum atomic E-state index is -0.224. The maximum absolute atomic E-state index is 6.19. The number of thioether (sulfide) groups is 1. The van der Waals surface area contributed by atoms with Crippen LogP contribution in [0.15, 0.2) is 47.6 Å². The van der Waals surface area contributed by atoms with Crippen molar-refractivity contribution in [2.24, 2.45) is 4.99 Å². The van der Waals surface area contributed by atoms with Gasteiger partial charge in [0, 0.05) is 22.7 Å². The molecule has 1 aliphatic heterocycles. The molecule has 0 bridgehead atoms. The van der Waals surface area contributed by atoms with Crippen LogP contribution in [0.5, 0.6) is 17.2 Å². The molecule has 8 heteroatoms. The summed E-state index contributed by atoms with van der Waals surface area (Å²) in [5.41, 5.74) is 2.92. The van der Waals surface area contributed by atoms with Gasteiger partial charge in [0.05, 0.1) is 33.4 Å². The van der Waals surface area contributed by atoms with E-state index in [1.165, 1.54) is 0 Å². The van der Waals surface area contributed by atoms with E-state index >= 15 is 0 Å². The number of nitrogens with zero attached hydrogens (tertiary/aromatic N) is 2. The topological polar surface area (TPSA) is 54.2 Å². The highest BCUT2D eigenvalue weighted by molar-refractivity contribution is 8.22. The third kappa shape index (κ3) is 3.61. The van der Waals surface area contributed by atoms with Gasteiger partial charge in [-0.05, 0) is 42.7 Å². The van der Waals surface area contributed by atoms with E-state index in [0.29, 0.717) is 29.7 Å². The number of aliphatic imine (C=N–C) groups is 1. The van der Waals surface area contributed by atoms with Gasteiger partial charge in [-0.3, -0.25) is 0 Å². The summed E-state index contributed by atoms with van der Waals surface area (Å²) in [5, 5.41) is 1.09. The zero-order valence-electron chi connectivity index (χ0n) is 17.2. The highest BCUT2D eigenvalue weighted by atomic mass is 32.2. The largest absolute Gasteiger partial charge is 0.493 e. The third-order valence-electron chi connectivity index (χ3n) is 5.02. The number of methoxy groups -OCH3 is 3. The van der Waals surface area contributed by atoms with E-state index in [-0.39, 0.29) is 6.10 Å². The Hall–Kier alpha value is -2.71. The first-order chi connectivity index (χ1) is 14.6. The van der Waals surface area contributed by atoms with E-state index in [9.17, 15) is 0 Å². The SMILES string of the molecule is COc1cc(C2CN=C(c3ccc4c(ccn4C(=S)SC)c3)O2)cc(OC)c1OC. The minimum absolute atomic E-state index is 0.224. The standard InChI is InChI=1S/C22H22N2O4S2/c1-25-17-10-15(11-18(26-2)20(17)27-3)19-12-23-21(28-19)14-5-6-16-13(9-14)7-8-24(16)22(29)30-4/h5-11,19H,12H2,1-4H3. The number of fused-ring (bicyclic) bond motifs is 1. The number of hydrogen-bond acceptors (Lipinski definition) is 7. The van der Waals surface area contributed by atoms with Crippen molar-refractivity contribution in [2.45, 2.75) is 6.10 Å². The highest BCUT2D eigenvalue weighted by Crippen LogP contribution is 2.41. The molecule has 0 amide bonds. The fourth-order valence-electron chi connectivity index (χ4n) is 3.53. The Kier molecular flexibility index (Phi) is 5.87. The van der Waals surface area contributed by atoms with Gasteiger partial charge in [-0.1, -0.05) is 24.0 Å². The lowest BCUT2D eigenvalue weighted by molar-refractivity contribution is 0.228. The Morgan fingerprint density at radius 3 is 2.47 bits per heavy atom. The van der Waals surface area contributed by atoms with Crippen molar-refractivity contribution < 1.29 is 18.9 Å². The number of hydrogen-bond donors (Lipinski definition) is 0. The van der Waals surface area contributed by atoms with E-state index in [1.807, 2.05) is 47.4 Å². The van der Waals surface area contributed by atoms with Crippen molar-refractivity contribution >= 4 is 45.1 Å². The monoisotopic (exact) mass is 442 g/mol. The number of benzene rings is 2. The molecule has 3 aromatic rings. The average molecular weight is 443 g/mol. The maximum Gasteiger partial charge on any atom is 0.216 e. The second-order valence-corrected chi connectivity index (χ2v) is 8.08. The molecule has 1 aliphatic rings. The van der Waals surface area contributed by atoms with E-state index in [0.717, 1.165) is 26.4 Å². The second kappa shape index (κ2) is 8.57. The fourth-order valence-corrected chi connectivity index (χ4v) is 4.04. The minimum Gasteiger partial charge on any atom is -0.493 e. The van der Waals surface area contributed by atoms with Crippen LogP contribution < -0.4 is 14.2 Å². The zero-order valence-corrected chi connectivity index (χ0v) is 18.8. The maximum atomic E-state index is 6.19. The Balaban J connectivity index is 1.59. The second-order valence-electron chi connectivity index (χ2n) is 6.64. The highest BCUT2D eigenvalue weighted by Gasteiger charge is 2.26. The fraction of sp³-hybridized carbons (Fsp3) is 0.273. The zero-order chi connectivity index (χ0) is 21.3. The molecule has 2 aromatic carbocycles. The average Bonchev–Trinajstić information content (AvgIpc) is 3.44. The van der Waals surface area contributed by atoms with Gasteiger partial charge < -0.3 is 23.5 Å². The molecule has 30 heavy (non-hydrogen) atoms.